The highest BCUT2D eigenvalue weighted by atomic mass is 32.1. The van der Waals surface area contributed by atoms with Gasteiger partial charge in [-0.25, -0.2) is 4.98 Å². The third-order valence-electron chi connectivity index (χ3n) is 3.74. The Morgan fingerprint density at radius 2 is 2.35 bits per heavy atom. The molecule has 5 nitrogen and oxygen atoms in total. The molecule has 0 N–H and O–H groups in total. The molecule has 0 spiro atoms. The minimum absolute atomic E-state index is 0.122. The van der Waals surface area contributed by atoms with E-state index >= 15 is 0 Å². The average molecular weight is 290 g/mol. The zero-order valence-electron chi connectivity index (χ0n) is 11.7. The van der Waals surface area contributed by atoms with Crippen LogP contribution in [0.3, 0.4) is 0 Å². The normalized spacial score (nSPS) is 18.7. The van der Waals surface area contributed by atoms with Crippen molar-refractivity contribution in [2.24, 2.45) is 0 Å². The molecule has 1 atom stereocenters. The van der Waals surface area contributed by atoms with Crippen LogP contribution in [0.4, 0.5) is 0 Å². The maximum atomic E-state index is 12.6. The topological polar surface area (TPSA) is 51.0 Å². The van der Waals surface area contributed by atoms with Crippen LogP contribution in [0.25, 0.3) is 0 Å². The molecule has 0 unspecified atom stereocenters. The number of nitrogens with zero attached hydrogens (tertiary/aromatic N) is 4. The summed E-state index contributed by atoms with van der Waals surface area (Å²) < 4.78 is 1.94. The van der Waals surface area contributed by atoms with E-state index in [1.54, 1.807) is 5.51 Å². The fourth-order valence-corrected chi connectivity index (χ4v) is 3.47. The van der Waals surface area contributed by atoms with E-state index in [9.17, 15) is 4.79 Å². The number of carbonyl (C=O) groups excluding carboxylic acids is 1. The van der Waals surface area contributed by atoms with Gasteiger partial charge in [0, 0.05) is 12.7 Å². The number of thiazole rings is 1. The van der Waals surface area contributed by atoms with Crippen molar-refractivity contribution in [1.82, 2.24) is 19.7 Å². The maximum absolute atomic E-state index is 12.6. The number of carbonyl (C=O) groups is 1. The van der Waals surface area contributed by atoms with E-state index in [4.69, 9.17) is 0 Å². The minimum Gasteiger partial charge on any atom is -0.333 e. The Morgan fingerprint density at radius 3 is 3.00 bits per heavy atom. The zero-order valence-corrected chi connectivity index (χ0v) is 12.6. The summed E-state index contributed by atoms with van der Waals surface area (Å²) in [5.41, 5.74) is 3.73. The number of aromatic nitrogens is 3. The number of amides is 1. The molecule has 1 amide bonds. The van der Waals surface area contributed by atoms with Crippen LogP contribution >= 0.6 is 11.3 Å². The summed E-state index contributed by atoms with van der Waals surface area (Å²) in [6.07, 6.45) is 5.99. The quantitative estimate of drug-likeness (QED) is 0.871. The van der Waals surface area contributed by atoms with E-state index in [1.165, 1.54) is 11.3 Å². The summed E-state index contributed by atoms with van der Waals surface area (Å²) in [4.78, 5) is 19.5. The first-order valence-electron chi connectivity index (χ1n) is 6.85. The first-order valence-corrected chi connectivity index (χ1v) is 7.73. The van der Waals surface area contributed by atoms with Gasteiger partial charge in [0.15, 0.2) is 0 Å². The van der Waals surface area contributed by atoms with E-state index < -0.39 is 0 Å². The molecule has 0 aliphatic carbocycles. The van der Waals surface area contributed by atoms with Gasteiger partial charge in [0.2, 0.25) is 0 Å². The first kappa shape index (κ1) is 13.3. The Hall–Kier alpha value is -1.69. The molecule has 3 rings (SSSR count). The predicted molar refractivity (Wildman–Crippen MR) is 77.9 cm³/mol. The highest BCUT2D eigenvalue weighted by molar-refractivity contribution is 7.11. The third kappa shape index (κ3) is 2.47. The molecule has 0 bridgehead atoms. The molecule has 2 aromatic heterocycles. The van der Waals surface area contributed by atoms with Crippen LogP contribution in [0.15, 0.2) is 17.9 Å². The maximum Gasteiger partial charge on any atom is 0.266 e. The van der Waals surface area contributed by atoms with Gasteiger partial charge < -0.3 is 4.90 Å². The van der Waals surface area contributed by atoms with Crippen LogP contribution < -0.4 is 0 Å². The van der Waals surface area contributed by atoms with Crippen LogP contribution in [-0.4, -0.2) is 38.2 Å². The van der Waals surface area contributed by atoms with Gasteiger partial charge in [-0.15, -0.1) is 11.3 Å². The van der Waals surface area contributed by atoms with Gasteiger partial charge in [-0.1, -0.05) is 0 Å². The van der Waals surface area contributed by atoms with E-state index in [2.05, 4.69) is 10.1 Å². The Labute approximate surface area is 122 Å². The Morgan fingerprint density at radius 1 is 1.50 bits per heavy atom. The van der Waals surface area contributed by atoms with Crippen molar-refractivity contribution in [2.45, 2.75) is 39.3 Å². The lowest BCUT2D eigenvalue weighted by Crippen LogP contribution is -2.38. The molecule has 0 aromatic carbocycles. The van der Waals surface area contributed by atoms with Crippen LogP contribution in [0.1, 0.15) is 33.8 Å². The van der Waals surface area contributed by atoms with Gasteiger partial charge in [-0.2, -0.15) is 5.10 Å². The zero-order chi connectivity index (χ0) is 14.1. The van der Waals surface area contributed by atoms with Gasteiger partial charge in [0.25, 0.3) is 5.91 Å². The second-order valence-corrected chi connectivity index (χ2v) is 6.16. The number of aryl methyl sites for hydroxylation is 2. The second kappa shape index (κ2) is 5.36. The van der Waals surface area contributed by atoms with Crippen molar-refractivity contribution < 1.29 is 4.79 Å². The van der Waals surface area contributed by atoms with Crippen molar-refractivity contribution in [3.63, 3.8) is 0 Å². The molecular formula is C14H18N4OS. The average Bonchev–Trinajstić information content (AvgIpc) is 3.11. The fourth-order valence-electron chi connectivity index (χ4n) is 2.71. The highest BCUT2D eigenvalue weighted by Crippen LogP contribution is 2.24. The molecule has 106 valence electrons. The molecule has 1 aliphatic heterocycles. The van der Waals surface area contributed by atoms with Crippen molar-refractivity contribution in [1.29, 1.82) is 0 Å². The van der Waals surface area contributed by atoms with Crippen LogP contribution in [-0.2, 0) is 6.54 Å². The monoisotopic (exact) mass is 290 g/mol. The van der Waals surface area contributed by atoms with Gasteiger partial charge in [0.05, 0.1) is 30.0 Å². The molecular weight excluding hydrogens is 272 g/mol. The molecule has 3 heterocycles. The summed E-state index contributed by atoms with van der Waals surface area (Å²) in [5.74, 6) is 0.122. The van der Waals surface area contributed by atoms with Crippen LogP contribution in [0.5, 0.6) is 0 Å². The summed E-state index contributed by atoms with van der Waals surface area (Å²) in [6.45, 7) is 5.53. The molecule has 0 saturated carbocycles. The van der Waals surface area contributed by atoms with Crippen molar-refractivity contribution in [3.8, 4) is 0 Å². The Balaban J connectivity index is 1.75. The van der Waals surface area contributed by atoms with E-state index in [0.29, 0.717) is 0 Å². The van der Waals surface area contributed by atoms with Gasteiger partial charge >= 0.3 is 0 Å². The lowest BCUT2D eigenvalue weighted by molar-refractivity contribution is 0.0725. The van der Waals surface area contributed by atoms with Gasteiger partial charge in [0.1, 0.15) is 4.88 Å². The van der Waals surface area contributed by atoms with Crippen LogP contribution in [0.2, 0.25) is 0 Å². The smallest absolute Gasteiger partial charge is 0.266 e. The molecule has 1 aliphatic rings. The molecule has 6 heteroatoms. The highest BCUT2D eigenvalue weighted by Gasteiger charge is 2.31. The second-order valence-electron chi connectivity index (χ2n) is 5.30. The number of rotatable bonds is 3. The summed E-state index contributed by atoms with van der Waals surface area (Å²) in [7, 11) is 0. The number of likely N-dealkylation sites (tertiary alicyclic amines) is 1. The van der Waals surface area contributed by atoms with Crippen molar-refractivity contribution in [3.05, 3.63) is 34.0 Å². The third-order valence-corrected chi connectivity index (χ3v) is 4.65. The number of hydrogen-bond donors (Lipinski definition) is 0. The minimum atomic E-state index is 0.122. The summed E-state index contributed by atoms with van der Waals surface area (Å²) in [5, 5.41) is 4.32. The predicted octanol–water partition coefficient (Wildman–Crippen LogP) is 2.26. The molecule has 20 heavy (non-hydrogen) atoms. The summed E-state index contributed by atoms with van der Waals surface area (Å²) >= 11 is 1.43. The SMILES string of the molecule is Cc1cnn(C[C@H]2CCCN2C(=O)c2scnc2C)c1. The Bertz CT molecular complexity index is 618. The fraction of sp³-hybridized carbons (Fsp3) is 0.500. The van der Waals surface area contributed by atoms with E-state index in [-0.39, 0.29) is 11.9 Å². The standard InChI is InChI=1S/C14H18N4OS/c1-10-6-16-17(7-10)8-12-4-3-5-18(12)14(19)13-11(2)15-9-20-13/h6-7,9,12H,3-5,8H2,1-2H3/t12-/m1/s1. The largest absolute Gasteiger partial charge is 0.333 e. The lowest BCUT2D eigenvalue weighted by atomic mass is 10.2. The summed E-state index contributed by atoms with van der Waals surface area (Å²) in [6, 6.07) is 0.239. The number of hydrogen-bond acceptors (Lipinski definition) is 4. The molecule has 2 aromatic rings. The van der Waals surface area contributed by atoms with Crippen LogP contribution in [0, 0.1) is 13.8 Å². The van der Waals surface area contributed by atoms with E-state index in [1.807, 2.05) is 35.8 Å². The van der Waals surface area contributed by atoms with Gasteiger partial charge in [-0.05, 0) is 32.3 Å². The lowest BCUT2D eigenvalue weighted by Gasteiger charge is -2.24. The molecule has 1 saturated heterocycles. The van der Waals surface area contributed by atoms with E-state index in [0.717, 1.165) is 42.1 Å². The van der Waals surface area contributed by atoms with Crippen molar-refractivity contribution in [2.75, 3.05) is 6.54 Å². The van der Waals surface area contributed by atoms with Gasteiger partial charge in [-0.3, -0.25) is 9.48 Å². The molecule has 1 fully saturated rings. The molecule has 0 radical (unpaired) electrons. The first-order chi connectivity index (χ1) is 9.65. The van der Waals surface area contributed by atoms with Crippen molar-refractivity contribution >= 4 is 17.2 Å². The Kier molecular flexibility index (Phi) is 3.56.